The minimum absolute atomic E-state index is 0. The second kappa shape index (κ2) is 15.9. The molecule has 1 fully saturated rings. The number of carbonyl (C=O) groups is 1. The monoisotopic (exact) mass is 709 g/mol. The molecule has 1 unspecified atom stereocenters. The molecule has 1 aromatic heterocycles. The van der Waals surface area contributed by atoms with Crippen LogP contribution in [0.25, 0.3) is 0 Å². The van der Waals surface area contributed by atoms with Gasteiger partial charge in [-0.1, -0.05) is 29.3 Å². The Bertz CT molecular complexity index is 1550. The molecule has 1 heterocycles. The summed E-state index contributed by atoms with van der Waals surface area (Å²) in [6.07, 6.45) is 2.99. The molecule has 0 aliphatic heterocycles. The SMILES string of the molecule is CN(C)CCS(=O)(=O)Nc1ccc(C(=O)OC(Cc2c(Cl)c[n+]([O-])cc2Cl)c2ccc(OC(F)F)c(OCC3CC3)c2)cc1.Cl. The van der Waals surface area contributed by atoms with Crippen LogP contribution in [-0.2, 0) is 21.2 Å². The molecule has 246 valence electrons. The van der Waals surface area contributed by atoms with Crippen molar-refractivity contribution in [3.8, 4) is 11.5 Å². The molecule has 1 N–H and O–H groups in total. The van der Waals surface area contributed by atoms with E-state index in [0.717, 1.165) is 25.2 Å². The molecule has 16 heteroatoms. The number of aromatic nitrogens is 1. The first-order valence-electron chi connectivity index (χ1n) is 13.5. The van der Waals surface area contributed by atoms with E-state index in [-0.39, 0.29) is 57.4 Å². The third kappa shape index (κ3) is 11.0. The van der Waals surface area contributed by atoms with E-state index in [1.807, 2.05) is 0 Å². The minimum Gasteiger partial charge on any atom is -0.619 e. The summed E-state index contributed by atoms with van der Waals surface area (Å²) in [4.78, 5) is 15.0. The standard InChI is InChI=1S/C29H31Cl2F2N3O7S.ClH/c1-35(2)11-12-44(39,40)34-21-8-5-19(6-9-21)28(37)42-26(14-22-23(30)15-36(38)16-24(22)31)20-7-10-25(43-29(32)33)27(13-20)41-17-18-3-4-18;/h5-10,13,15-16,18,26,29,34H,3-4,11-12,14,17H2,1-2H3;1H. The van der Waals surface area contributed by atoms with Crippen molar-refractivity contribution in [1.82, 2.24) is 4.90 Å². The average Bonchev–Trinajstić information content (AvgIpc) is 3.77. The Labute approximate surface area is 276 Å². The van der Waals surface area contributed by atoms with Crippen molar-refractivity contribution >= 4 is 57.3 Å². The summed E-state index contributed by atoms with van der Waals surface area (Å²) in [5.41, 5.74) is 1.05. The Morgan fingerprint density at radius 2 is 1.73 bits per heavy atom. The number of ether oxygens (including phenoxy) is 3. The summed E-state index contributed by atoms with van der Waals surface area (Å²) in [5.74, 6) is -0.707. The summed E-state index contributed by atoms with van der Waals surface area (Å²) in [7, 11) is -0.0904. The lowest BCUT2D eigenvalue weighted by Crippen LogP contribution is -2.26. The Kier molecular flexibility index (Phi) is 12.9. The van der Waals surface area contributed by atoms with E-state index in [1.165, 1.54) is 42.5 Å². The van der Waals surface area contributed by atoms with Crippen LogP contribution in [-0.4, -0.2) is 58.9 Å². The Morgan fingerprint density at radius 1 is 1.09 bits per heavy atom. The number of pyridine rings is 1. The number of carbonyl (C=O) groups excluding carboxylic acids is 1. The van der Waals surface area contributed by atoms with Crippen molar-refractivity contribution in [2.24, 2.45) is 5.92 Å². The van der Waals surface area contributed by atoms with Gasteiger partial charge in [-0.15, -0.1) is 12.4 Å². The van der Waals surface area contributed by atoms with E-state index in [2.05, 4.69) is 9.46 Å². The van der Waals surface area contributed by atoms with E-state index in [9.17, 15) is 27.2 Å². The van der Waals surface area contributed by atoms with E-state index in [1.54, 1.807) is 19.0 Å². The van der Waals surface area contributed by atoms with Gasteiger partial charge in [-0.3, -0.25) is 4.72 Å². The van der Waals surface area contributed by atoms with E-state index >= 15 is 0 Å². The number of benzene rings is 2. The predicted molar refractivity (Wildman–Crippen MR) is 168 cm³/mol. The molecular weight excluding hydrogens is 679 g/mol. The van der Waals surface area contributed by atoms with Crippen LogP contribution < -0.4 is 18.9 Å². The number of sulfonamides is 1. The van der Waals surface area contributed by atoms with Gasteiger partial charge in [-0.25, -0.2) is 13.2 Å². The molecule has 10 nitrogen and oxygen atoms in total. The second-order valence-corrected chi connectivity index (χ2v) is 13.2. The van der Waals surface area contributed by atoms with Crippen LogP contribution in [0.2, 0.25) is 10.0 Å². The maximum atomic E-state index is 13.3. The first-order chi connectivity index (χ1) is 20.8. The molecule has 45 heavy (non-hydrogen) atoms. The van der Waals surface area contributed by atoms with Crippen molar-refractivity contribution in [1.29, 1.82) is 0 Å². The fourth-order valence-electron chi connectivity index (χ4n) is 4.07. The third-order valence-electron chi connectivity index (χ3n) is 6.62. The first kappa shape index (κ1) is 36.4. The molecule has 1 saturated carbocycles. The Morgan fingerprint density at radius 3 is 2.31 bits per heavy atom. The van der Waals surface area contributed by atoms with Gasteiger partial charge < -0.3 is 24.3 Å². The molecule has 2 aromatic carbocycles. The maximum absolute atomic E-state index is 13.3. The number of hydrogen-bond donors (Lipinski definition) is 1. The number of rotatable bonds is 15. The van der Waals surface area contributed by atoms with Gasteiger partial charge in [-0.05, 0) is 74.8 Å². The van der Waals surface area contributed by atoms with Gasteiger partial charge >= 0.3 is 12.6 Å². The molecule has 1 aliphatic carbocycles. The fourth-order valence-corrected chi connectivity index (χ4v) is 5.87. The molecule has 0 spiro atoms. The zero-order valence-corrected chi connectivity index (χ0v) is 27.4. The smallest absolute Gasteiger partial charge is 0.387 e. The molecule has 0 saturated heterocycles. The fraction of sp³-hybridized carbons (Fsp3) is 0.379. The van der Waals surface area contributed by atoms with Crippen LogP contribution in [0.3, 0.4) is 0 Å². The van der Waals surface area contributed by atoms with Crippen LogP contribution in [0.5, 0.6) is 11.5 Å². The number of anilines is 1. The van der Waals surface area contributed by atoms with Crippen molar-refractivity contribution < 1.29 is 40.9 Å². The van der Waals surface area contributed by atoms with Crippen LogP contribution >= 0.6 is 35.6 Å². The number of esters is 1. The van der Waals surface area contributed by atoms with Gasteiger partial charge in [0.1, 0.15) is 16.1 Å². The highest BCUT2D eigenvalue weighted by Crippen LogP contribution is 2.38. The number of nitrogens with one attached hydrogen (secondary N) is 1. The molecule has 0 radical (unpaired) electrons. The molecular formula is C29H32Cl3F2N3O7S. The van der Waals surface area contributed by atoms with Crippen LogP contribution in [0.15, 0.2) is 54.9 Å². The molecule has 4 rings (SSSR count). The summed E-state index contributed by atoms with van der Waals surface area (Å²) in [6.45, 7) is -2.45. The van der Waals surface area contributed by atoms with Crippen LogP contribution in [0.1, 0.15) is 40.4 Å². The molecule has 0 bridgehead atoms. The molecule has 3 aromatic rings. The summed E-state index contributed by atoms with van der Waals surface area (Å²) in [6, 6.07) is 9.84. The topological polar surface area (TPSA) is 121 Å². The molecule has 0 amide bonds. The van der Waals surface area contributed by atoms with Gasteiger partial charge in [0.2, 0.25) is 10.0 Å². The van der Waals surface area contributed by atoms with Gasteiger partial charge in [0.25, 0.3) is 0 Å². The maximum Gasteiger partial charge on any atom is 0.387 e. The van der Waals surface area contributed by atoms with Gasteiger partial charge in [0.15, 0.2) is 23.9 Å². The normalized spacial score (nSPS) is 13.7. The van der Waals surface area contributed by atoms with Crippen LogP contribution in [0, 0.1) is 11.1 Å². The Hall–Kier alpha value is -3.10. The lowest BCUT2D eigenvalue weighted by Gasteiger charge is -2.21. The van der Waals surface area contributed by atoms with E-state index < -0.39 is 28.7 Å². The quantitative estimate of drug-likeness (QED) is 0.118. The zero-order valence-electron chi connectivity index (χ0n) is 24.3. The largest absolute Gasteiger partial charge is 0.619 e. The van der Waals surface area contributed by atoms with Crippen molar-refractivity contribution in [2.75, 3.05) is 37.7 Å². The zero-order chi connectivity index (χ0) is 32.0. The van der Waals surface area contributed by atoms with Gasteiger partial charge in [0, 0.05) is 24.2 Å². The van der Waals surface area contributed by atoms with Crippen LogP contribution in [0.4, 0.5) is 14.5 Å². The highest BCUT2D eigenvalue weighted by atomic mass is 35.5. The number of hydrogen-bond acceptors (Lipinski definition) is 8. The first-order valence-corrected chi connectivity index (χ1v) is 15.9. The van der Waals surface area contributed by atoms with E-state index in [0.29, 0.717) is 34.9 Å². The van der Waals surface area contributed by atoms with Gasteiger partial charge in [-0.2, -0.15) is 13.5 Å². The second-order valence-electron chi connectivity index (χ2n) is 10.5. The van der Waals surface area contributed by atoms with Crippen molar-refractivity contribution in [3.05, 3.63) is 86.8 Å². The lowest BCUT2D eigenvalue weighted by molar-refractivity contribution is -0.605. The molecule has 1 aliphatic rings. The highest BCUT2D eigenvalue weighted by molar-refractivity contribution is 7.92. The lowest BCUT2D eigenvalue weighted by atomic mass is 10.0. The number of halogens is 5. The predicted octanol–water partition coefficient (Wildman–Crippen LogP) is 5.88. The third-order valence-corrected chi connectivity index (χ3v) is 8.54. The summed E-state index contributed by atoms with van der Waals surface area (Å²) >= 11 is 12.6. The van der Waals surface area contributed by atoms with Crippen molar-refractivity contribution in [2.45, 2.75) is 32.0 Å². The number of alkyl halides is 2. The Balaban J connectivity index is 0.00000552. The average molecular weight is 711 g/mol. The number of nitrogens with zero attached hydrogens (tertiary/aromatic N) is 2. The highest BCUT2D eigenvalue weighted by Gasteiger charge is 2.27. The molecule has 1 atom stereocenters. The summed E-state index contributed by atoms with van der Waals surface area (Å²) in [5, 5.41) is 11.9. The summed E-state index contributed by atoms with van der Waals surface area (Å²) < 4.78 is 70.0. The minimum atomic E-state index is -3.61. The van der Waals surface area contributed by atoms with Gasteiger partial charge in [0.05, 0.1) is 17.9 Å². The van der Waals surface area contributed by atoms with E-state index in [4.69, 9.17) is 32.7 Å². The van der Waals surface area contributed by atoms with Crippen molar-refractivity contribution in [3.63, 3.8) is 0 Å².